The number of para-hydroxylation sites is 1. The molecule has 1 aromatic heterocycles. The van der Waals surface area contributed by atoms with Gasteiger partial charge in [-0.1, -0.05) is 54.1 Å². The molecule has 0 fully saturated rings. The summed E-state index contributed by atoms with van der Waals surface area (Å²) in [6.45, 7) is 2.33. The monoisotopic (exact) mass is 621 g/mol. The third-order valence-electron chi connectivity index (χ3n) is 6.28. The van der Waals surface area contributed by atoms with E-state index in [0.29, 0.717) is 33.7 Å². The van der Waals surface area contributed by atoms with Gasteiger partial charge in [-0.15, -0.1) is 0 Å². The van der Waals surface area contributed by atoms with Crippen LogP contribution in [0.2, 0.25) is 0 Å². The van der Waals surface area contributed by atoms with E-state index in [1.165, 1.54) is 25.5 Å². The van der Waals surface area contributed by atoms with E-state index in [4.69, 9.17) is 9.47 Å². The van der Waals surface area contributed by atoms with E-state index in [-0.39, 0.29) is 16.8 Å². The van der Waals surface area contributed by atoms with Gasteiger partial charge in [-0.05, 0) is 70.4 Å². The van der Waals surface area contributed by atoms with Crippen molar-refractivity contribution in [1.82, 2.24) is 9.66 Å². The van der Waals surface area contributed by atoms with Crippen molar-refractivity contribution in [3.63, 3.8) is 0 Å². The Morgan fingerprint density at radius 2 is 1.76 bits per heavy atom. The number of aromatic nitrogens is 2. The Hall–Kier alpha value is -4.44. The van der Waals surface area contributed by atoms with Gasteiger partial charge in [0, 0.05) is 5.56 Å². The Morgan fingerprint density at radius 1 is 1.00 bits per heavy atom. The minimum atomic E-state index is -4.56. The van der Waals surface area contributed by atoms with Gasteiger partial charge in [0.15, 0.2) is 17.3 Å². The van der Waals surface area contributed by atoms with Crippen LogP contribution in [0.25, 0.3) is 22.3 Å². The summed E-state index contributed by atoms with van der Waals surface area (Å²) >= 11 is 3.52. The number of ether oxygens (including phenoxy) is 2. The summed E-state index contributed by atoms with van der Waals surface area (Å²) in [4.78, 5) is 17.9. The maximum Gasteiger partial charge on any atom is 0.416 e. The Labute approximate surface area is 241 Å². The van der Waals surface area contributed by atoms with E-state index < -0.39 is 17.3 Å². The van der Waals surface area contributed by atoms with Crippen molar-refractivity contribution in [3.05, 3.63) is 122 Å². The molecule has 1 heterocycles. The number of aryl methyl sites for hydroxylation is 1. The Bertz CT molecular complexity index is 1820. The molecule has 0 spiro atoms. The Morgan fingerprint density at radius 3 is 2.49 bits per heavy atom. The number of halogens is 4. The number of hydrogen-bond donors (Lipinski definition) is 0. The maximum atomic E-state index is 13.4. The van der Waals surface area contributed by atoms with Crippen molar-refractivity contribution in [3.8, 4) is 22.9 Å². The summed E-state index contributed by atoms with van der Waals surface area (Å²) in [5.74, 6) is 0.884. The van der Waals surface area contributed by atoms with Crippen LogP contribution in [-0.2, 0) is 12.8 Å². The van der Waals surface area contributed by atoms with Gasteiger partial charge >= 0.3 is 6.18 Å². The van der Waals surface area contributed by atoms with E-state index in [1.807, 2.05) is 31.2 Å². The molecule has 0 aliphatic carbocycles. The molecule has 0 N–H and O–H groups in total. The standard InChI is InChI=1S/C31H23BrF3N3O3/c1-19-10-12-20(13-11-19)18-41-28-25(32)14-21(15-27(28)40-2)17-36-38-29(22-6-5-7-23(16-22)31(33,34)35)37-26-9-4-3-8-24(26)30(38)39/h3-17H,18H2,1-2H3. The minimum Gasteiger partial charge on any atom is -0.493 e. The summed E-state index contributed by atoms with van der Waals surface area (Å²) in [7, 11) is 1.50. The molecular weight excluding hydrogens is 599 g/mol. The van der Waals surface area contributed by atoms with Crippen LogP contribution in [0.5, 0.6) is 11.5 Å². The second-order valence-corrected chi connectivity index (χ2v) is 10.1. The third-order valence-corrected chi connectivity index (χ3v) is 6.87. The fraction of sp³-hybridized carbons (Fsp3) is 0.129. The zero-order chi connectivity index (χ0) is 29.1. The Balaban J connectivity index is 1.54. The smallest absolute Gasteiger partial charge is 0.416 e. The van der Waals surface area contributed by atoms with E-state index in [1.54, 1.807) is 36.4 Å². The molecule has 4 aromatic carbocycles. The van der Waals surface area contributed by atoms with Crippen LogP contribution in [0.15, 0.2) is 99.3 Å². The first-order valence-electron chi connectivity index (χ1n) is 12.4. The van der Waals surface area contributed by atoms with Crippen LogP contribution < -0.4 is 15.0 Å². The van der Waals surface area contributed by atoms with Crippen molar-refractivity contribution in [1.29, 1.82) is 0 Å². The van der Waals surface area contributed by atoms with Gasteiger partial charge in [-0.2, -0.15) is 22.9 Å². The molecule has 0 amide bonds. The molecule has 0 unspecified atom stereocenters. The zero-order valence-electron chi connectivity index (χ0n) is 21.9. The fourth-order valence-electron chi connectivity index (χ4n) is 4.17. The predicted octanol–water partition coefficient (Wildman–Crippen LogP) is 7.62. The molecule has 0 bridgehead atoms. The lowest BCUT2D eigenvalue weighted by atomic mass is 10.1. The average Bonchev–Trinajstić information content (AvgIpc) is 2.96. The van der Waals surface area contributed by atoms with Crippen LogP contribution in [0.3, 0.4) is 0 Å². The fourth-order valence-corrected chi connectivity index (χ4v) is 4.75. The molecule has 0 aliphatic rings. The van der Waals surface area contributed by atoms with E-state index in [9.17, 15) is 18.0 Å². The molecular formula is C31H23BrF3N3O3. The van der Waals surface area contributed by atoms with Crippen LogP contribution in [0.4, 0.5) is 13.2 Å². The first kappa shape index (κ1) is 28.1. The van der Waals surface area contributed by atoms with Crippen molar-refractivity contribution >= 4 is 33.0 Å². The van der Waals surface area contributed by atoms with Crippen LogP contribution in [-0.4, -0.2) is 23.0 Å². The van der Waals surface area contributed by atoms with Gasteiger partial charge in [0.05, 0.1) is 34.3 Å². The van der Waals surface area contributed by atoms with Gasteiger partial charge in [-0.3, -0.25) is 4.79 Å². The summed E-state index contributed by atoms with van der Waals surface area (Å²) in [5.41, 5.74) is 1.74. The van der Waals surface area contributed by atoms with Crippen molar-refractivity contribution < 1.29 is 22.6 Å². The highest BCUT2D eigenvalue weighted by Gasteiger charge is 2.31. The summed E-state index contributed by atoms with van der Waals surface area (Å²) < 4.78 is 53.5. The van der Waals surface area contributed by atoms with Gasteiger partial charge < -0.3 is 9.47 Å². The number of nitrogens with zero attached hydrogens (tertiary/aromatic N) is 3. The topological polar surface area (TPSA) is 65.7 Å². The number of benzene rings is 4. The number of alkyl halides is 3. The summed E-state index contributed by atoms with van der Waals surface area (Å²) in [6.07, 6.45) is -3.15. The first-order chi connectivity index (χ1) is 19.6. The molecule has 41 heavy (non-hydrogen) atoms. The highest BCUT2D eigenvalue weighted by molar-refractivity contribution is 9.10. The van der Waals surface area contributed by atoms with Crippen LogP contribution in [0, 0.1) is 6.92 Å². The van der Waals surface area contributed by atoms with Crippen LogP contribution >= 0.6 is 15.9 Å². The summed E-state index contributed by atoms with van der Waals surface area (Å²) in [5, 5.41) is 4.64. The van der Waals surface area contributed by atoms with E-state index >= 15 is 0 Å². The molecule has 5 aromatic rings. The normalized spacial score (nSPS) is 11.8. The van der Waals surface area contributed by atoms with Crippen molar-refractivity contribution in [2.75, 3.05) is 7.11 Å². The third kappa shape index (κ3) is 6.17. The molecule has 0 aliphatic heterocycles. The van der Waals surface area contributed by atoms with Gasteiger partial charge in [0.25, 0.3) is 5.56 Å². The lowest BCUT2D eigenvalue weighted by Crippen LogP contribution is -2.20. The first-order valence-corrected chi connectivity index (χ1v) is 13.2. The zero-order valence-corrected chi connectivity index (χ0v) is 23.5. The lowest BCUT2D eigenvalue weighted by molar-refractivity contribution is -0.137. The Kier molecular flexibility index (Phi) is 7.94. The second kappa shape index (κ2) is 11.6. The number of methoxy groups -OCH3 is 1. The largest absolute Gasteiger partial charge is 0.493 e. The number of rotatable bonds is 7. The number of fused-ring (bicyclic) bond motifs is 1. The van der Waals surface area contributed by atoms with Crippen LogP contribution in [0.1, 0.15) is 22.3 Å². The van der Waals surface area contributed by atoms with Gasteiger partial charge in [0.2, 0.25) is 0 Å². The molecule has 5 rings (SSSR count). The average molecular weight is 622 g/mol. The van der Waals surface area contributed by atoms with Crippen molar-refractivity contribution in [2.45, 2.75) is 19.7 Å². The van der Waals surface area contributed by atoms with E-state index in [2.05, 4.69) is 26.0 Å². The molecule has 0 saturated carbocycles. The van der Waals surface area contributed by atoms with Gasteiger partial charge in [-0.25, -0.2) is 4.98 Å². The highest BCUT2D eigenvalue weighted by atomic mass is 79.9. The quantitative estimate of drug-likeness (QED) is 0.175. The van der Waals surface area contributed by atoms with Gasteiger partial charge in [0.1, 0.15) is 6.61 Å². The summed E-state index contributed by atoms with van der Waals surface area (Å²) in [6, 6.07) is 22.6. The van der Waals surface area contributed by atoms with E-state index in [0.717, 1.165) is 27.9 Å². The maximum absolute atomic E-state index is 13.4. The molecule has 0 saturated heterocycles. The molecule has 208 valence electrons. The molecule has 6 nitrogen and oxygen atoms in total. The highest BCUT2D eigenvalue weighted by Crippen LogP contribution is 2.37. The molecule has 0 atom stereocenters. The lowest BCUT2D eigenvalue weighted by Gasteiger charge is -2.14. The SMILES string of the molecule is COc1cc(C=Nn2c(-c3cccc(C(F)(F)F)c3)nc3ccccc3c2=O)cc(Br)c1OCc1ccc(C)cc1. The molecule has 10 heteroatoms. The predicted molar refractivity (Wildman–Crippen MR) is 156 cm³/mol. The van der Waals surface area contributed by atoms with Crippen molar-refractivity contribution in [2.24, 2.45) is 5.10 Å². The second-order valence-electron chi connectivity index (χ2n) is 9.20. The minimum absolute atomic E-state index is 0.0277. The number of hydrogen-bond acceptors (Lipinski definition) is 5. The molecule has 0 radical (unpaired) electrons.